The van der Waals surface area contributed by atoms with E-state index in [1.807, 2.05) is 6.92 Å². The summed E-state index contributed by atoms with van der Waals surface area (Å²) in [5.41, 5.74) is 0. The van der Waals surface area contributed by atoms with Gasteiger partial charge in [-0.3, -0.25) is 4.79 Å². The van der Waals surface area contributed by atoms with Gasteiger partial charge in [0.25, 0.3) is 0 Å². The van der Waals surface area contributed by atoms with Crippen LogP contribution in [-0.2, 0) is 4.79 Å². The fourth-order valence-electron chi connectivity index (χ4n) is 2.36. The van der Waals surface area contributed by atoms with E-state index in [2.05, 4.69) is 10.3 Å². The molecule has 2 rings (SSSR count). The molecule has 20 heavy (non-hydrogen) atoms. The van der Waals surface area contributed by atoms with Crippen molar-refractivity contribution in [1.82, 2.24) is 15.2 Å². The molecule has 2 amide bonds. The Morgan fingerprint density at radius 2 is 2.25 bits per heavy atom. The Kier molecular flexibility index (Phi) is 3.96. The van der Waals surface area contributed by atoms with Crippen molar-refractivity contribution >= 4 is 12.0 Å². The predicted octanol–water partition coefficient (Wildman–Crippen LogP) is 1.41. The summed E-state index contributed by atoms with van der Waals surface area (Å²) in [6, 6.07) is -0.640. The largest absolute Gasteiger partial charge is 0.481 e. The van der Waals surface area contributed by atoms with Gasteiger partial charge in [-0.25, -0.2) is 9.78 Å². The van der Waals surface area contributed by atoms with E-state index in [4.69, 9.17) is 9.52 Å². The monoisotopic (exact) mass is 281 g/mol. The van der Waals surface area contributed by atoms with Gasteiger partial charge in [0.1, 0.15) is 11.8 Å². The van der Waals surface area contributed by atoms with Crippen LogP contribution in [0.1, 0.15) is 31.5 Å². The number of nitrogens with one attached hydrogen (secondary N) is 1. The van der Waals surface area contributed by atoms with Crippen LogP contribution < -0.4 is 5.32 Å². The van der Waals surface area contributed by atoms with E-state index in [9.17, 15) is 9.59 Å². The Labute approximate surface area is 117 Å². The lowest BCUT2D eigenvalue weighted by molar-refractivity contribution is -0.142. The van der Waals surface area contributed by atoms with Crippen molar-refractivity contribution < 1.29 is 19.1 Å². The van der Waals surface area contributed by atoms with E-state index in [1.54, 1.807) is 20.0 Å². The molecule has 1 aliphatic rings. The molecule has 1 aromatic heterocycles. The maximum absolute atomic E-state index is 12.1. The van der Waals surface area contributed by atoms with E-state index in [0.717, 1.165) is 0 Å². The molecule has 0 bridgehead atoms. The van der Waals surface area contributed by atoms with E-state index in [1.165, 1.54) is 4.90 Å². The molecule has 2 heterocycles. The second-order valence-corrected chi connectivity index (χ2v) is 5.31. The zero-order valence-electron chi connectivity index (χ0n) is 11.8. The molecule has 2 N–H and O–H groups in total. The Morgan fingerprint density at radius 3 is 2.75 bits per heavy atom. The maximum atomic E-state index is 12.1. The van der Waals surface area contributed by atoms with Crippen LogP contribution in [0.5, 0.6) is 0 Å². The van der Waals surface area contributed by atoms with Crippen molar-refractivity contribution in [3.63, 3.8) is 0 Å². The molecule has 3 atom stereocenters. The van der Waals surface area contributed by atoms with Crippen molar-refractivity contribution in [2.45, 2.75) is 26.8 Å². The van der Waals surface area contributed by atoms with Crippen LogP contribution in [0, 0.1) is 18.8 Å². The average Bonchev–Trinajstić information content (AvgIpc) is 2.95. The summed E-state index contributed by atoms with van der Waals surface area (Å²) in [5.74, 6) is -0.276. The summed E-state index contributed by atoms with van der Waals surface area (Å²) in [6.45, 7) is 6.08. The van der Waals surface area contributed by atoms with Crippen molar-refractivity contribution in [3.05, 3.63) is 17.8 Å². The van der Waals surface area contributed by atoms with Crippen LogP contribution >= 0.6 is 0 Å². The van der Waals surface area contributed by atoms with Gasteiger partial charge in [0.15, 0.2) is 0 Å². The van der Waals surface area contributed by atoms with Gasteiger partial charge < -0.3 is 19.7 Å². The lowest BCUT2D eigenvalue weighted by atomic mass is 9.99. The minimum absolute atomic E-state index is 0.0439. The first-order valence-electron chi connectivity index (χ1n) is 6.59. The number of likely N-dealkylation sites (tertiary alicyclic amines) is 1. The van der Waals surface area contributed by atoms with Crippen LogP contribution in [-0.4, -0.2) is 40.1 Å². The zero-order valence-corrected chi connectivity index (χ0v) is 11.8. The molecule has 1 saturated heterocycles. The number of carbonyl (C=O) groups excluding carboxylic acids is 1. The van der Waals surface area contributed by atoms with Crippen LogP contribution in [0.4, 0.5) is 4.79 Å². The molecule has 0 saturated carbocycles. The third kappa shape index (κ3) is 2.92. The molecule has 0 spiro atoms. The van der Waals surface area contributed by atoms with Crippen LogP contribution in [0.2, 0.25) is 0 Å². The van der Waals surface area contributed by atoms with Gasteiger partial charge in [-0.15, -0.1) is 0 Å². The number of hydrogen-bond donors (Lipinski definition) is 2. The average molecular weight is 281 g/mol. The first-order valence-corrected chi connectivity index (χ1v) is 6.59. The van der Waals surface area contributed by atoms with Crippen LogP contribution in [0.25, 0.3) is 0 Å². The minimum Gasteiger partial charge on any atom is -0.481 e. The highest BCUT2D eigenvalue weighted by molar-refractivity contribution is 5.77. The predicted molar refractivity (Wildman–Crippen MR) is 70.0 cm³/mol. The second-order valence-electron chi connectivity index (χ2n) is 5.31. The van der Waals surface area contributed by atoms with Gasteiger partial charge in [0, 0.05) is 13.1 Å². The first kappa shape index (κ1) is 14.4. The quantitative estimate of drug-likeness (QED) is 0.873. The number of nitrogens with zero attached hydrogens (tertiary/aromatic N) is 2. The number of amides is 2. The lowest BCUT2D eigenvalue weighted by Crippen LogP contribution is -2.40. The lowest BCUT2D eigenvalue weighted by Gasteiger charge is -2.19. The summed E-state index contributed by atoms with van der Waals surface area (Å²) in [5, 5.41) is 11.8. The highest BCUT2D eigenvalue weighted by atomic mass is 16.4. The highest BCUT2D eigenvalue weighted by Gasteiger charge is 2.37. The van der Waals surface area contributed by atoms with Gasteiger partial charge in [-0.05, 0) is 19.8 Å². The summed E-state index contributed by atoms with van der Waals surface area (Å²) in [7, 11) is 0. The number of aryl methyl sites for hydroxylation is 1. The van der Waals surface area contributed by atoms with E-state index < -0.39 is 11.9 Å². The molecule has 1 aliphatic heterocycles. The topological polar surface area (TPSA) is 95.7 Å². The van der Waals surface area contributed by atoms with E-state index in [-0.39, 0.29) is 24.5 Å². The summed E-state index contributed by atoms with van der Waals surface area (Å²) in [4.78, 5) is 28.7. The summed E-state index contributed by atoms with van der Waals surface area (Å²) >= 11 is 0. The Bertz CT molecular complexity index is 513. The number of carbonyl (C=O) groups is 2. The zero-order chi connectivity index (χ0) is 14.9. The minimum atomic E-state index is -0.857. The Morgan fingerprint density at radius 1 is 1.55 bits per heavy atom. The number of rotatable bonds is 3. The molecule has 7 nitrogen and oxygen atoms in total. The Balaban J connectivity index is 1.94. The first-order chi connectivity index (χ1) is 9.38. The number of carboxylic acids is 1. The van der Waals surface area contributed by atoms with Gasteiger partial charge in [-0.1, -0.05) is 6.92 Å². The smallest absolute Gasteiger partial charge is 0.318 e. The van der Waals surface area contributed by atoms with Crippen molar-refractivity contribution in [3.8, 4) is 0 Å². The fourth-order valence-corrected chi connectivity index (χ4v) is 2.36. The number of hydrogen-bond acceptors (Lipinski definition) is 4. The normalized spacial score (nSPS) is 23.6. The molecular formula is C13H19N3O4. The summed E-state index contributed by atoms with van der Waals surface area (Å²) in [6.07, 6.45) is 1.59. The third-order valence-corrected chi connectivity index (χ3v) is 3.57. The standard InChI is InChI=1S/C13H19N3O4/c1-7-5-16(6-10(7)12(17)18)13(19)15-9(3)11-14-4-8(2)20-11/h4,7,9-10H,5-6H2,1-3H3,(H,15,19)(H,17,18)/t7-,9?,10-/m1/s1. The second kappa shape index (κ2) is 5.52. The van der Waals surface area contributed by atoms with Crippen molar-refractivity contribution in [1.29, 1.82) is 0 Å². The molecule has 0 radical (unpaired) electrons. The molecule has 110 valence electrons. The molecule has 1 fully saturated rings. The number of aliphatic carboxylic acids is 1. The van der Waals surface area contributed by atoms with E-state index >= 15 is 0 Å². The number of aromatic nitrogens is 1. The molecule has 7 heteroatoms. The summed E-state index contributed by atoms with van der Waals surface area (Å²) < 4.78 is 5.35. The van der Waals surface area contributed by atoms with E-state index in [0.29, 0.717) is 18.2 Å². The molecule has 1 aromatic rings. The molecule has 0 aromatic carbocycles. The van der Waals surface area contributed by atoms with Gasteiger partial charge >= 0.3 is 12.0 Å². The van der Waals surface area contributed by atoms with Crippen molar-refractivity contribution in [2.24, 2.45) is 11.8 Å². The molecule has 1 unspecified atom stereocenters. The highest BCUT2D eigenvalue weighted by Crippen LogP contribution is 2.23. The molecular weight excluding hydrogens is 262 g/mol. The number of urea groups is 1. The van der Waals surface area contributed by atoms with Crippen molar-refractivity contribution in [2.75, 3.05) is 13.1 Å². The Hall–Kier alpha value is -2.05. The fraction of sp³-hybridized carbons (Fsp3) is 0.615. The van der Waals surface area contributed by atoms with Gasteiger partial charge in [-0.2, -0.15) is 0 Å². The van der Waals surface area contributed by atoms with Crippen LogP contribution in [0.15, 0.2) is 10.6 Å². The maximum Gasteiger partial charge on any atom is 0.318 e. The SMILES string of the molecule is Cc1cnc(C(C)NC(=O)N2C[C@@H](C)[C@H](C(=O)O)C2)o1. The number of oxazole rings is 1. The van der Waals surface area contributed by atoms with Crippen LogP contribution in [0.3, 0.4) is 0 Å². The third-order valence-electron chi connectivity index (χ3n) is 3.57. The van der Waals surface area contributed by atoms with Gasteiger partial charge in [0.05, 0.1) is 12.1 Å². The van der Waals surface area contributed by atoms with Gasteiger partial charge in [0.2, 0.25) is 5.89 Å². The number of carboxylic acid groups (broad SMARTS) is 1. The molecule has 0 aliphatic carbocycles.